The fourth-order valence-electron chi connectivity index (χ4n) is 2.14. The Hall–Kier alpha value is -0.520. The number of carbonyl (C=O) groups is 1. The molecule has 0 aromatic heterocycles. The van der Waals surface area contributed by atoms with Crippen LogP contribution in [-0.2, 0) is 9.47 Å². The predicted octanol–water partition coefficient (Wildman–Crippen LogP) is 1.02. The van der Waals surface area contributed by atoms with Crippen LogP contribution >= 0.6 is 12.4 Å². The lowest BCUT2D eigenvalue weighted by Crippen LogP contribution is -2.54. The number of hydrogen-bond acceptors (Lipinski definition) is 4. The SMILES string of the molecule is CC(C)(C)OC(=O)N1CCOC2CNCC21.Cl. The van der Waals surface area contributed by atoms with Crippen molar-refractivity contribution in [3.8, 4) is 0 Å². The van der Waals surface area contributed by atoms with Crippen molar-refractivity contribution in [2.75, 3.05) is 26.2 Å². The smallest absolute Gasteiger partial charge is 0.410 e. The van der Waals surface area contributed by atoms with E-state index in [-0.39, 0.29) is 30.6 Å². The zero-order chi connectivity index (χ0) is 11.8. The van der Waals surface area contributed by atoms with Crippen LogP contribution in [-0.4, -0.2) is 55.0 Å². The van der Waals surface area contributed by atoms with Crippen molar-refractivity contribution in [1.82, 2.24) is 10.2 Å². The van der Waals surface area contributed by atoms with E-state index >= 15 is 0 Å². The number of carbonyl (C=O) groups excluding carboxylic acids is 1. The lowest BCUT2D eigenvalue weighted by Gasteiger charge is -2.37. The van der Waals surface area contributed by atoms with Crippen LogP contribution in [0.1, 0.15) is 20.8 Å². The van der Waals surface area contributed by atoms with Crippen molar-refractivity contribution < 1.29 is 14.3 Å². The van der Waals surface area contributed by atoms with Crippen molar-refractivity contribution in [2.45, 2.75) is 38.5 Å². The Kier molecular flexibility index (Phi) is 4.63. The maximum atomic E-state index is 12.0. The minimum Gasteiger partial charge on any atom is -0.444 e. The molecule has 0 aromatic carbocycles. The highest BCUT2D eigenvalue weighted by molar-refractivity contribution is 5.85. The molecule has 2 unspecified atom stereocenters. The van der Waals surface area contributed by atoms with Crippen LogP contribution in [0.25, 0.3) is 0 Å². The normalized spacial score (nSPS) is 28.3. The Bertz CT molecular complexity index is 280. The number of halogens is 1. The molecule has 1 amide bonds. The third kappa shape index (κ3) is 3.47. The molecule has 2 aliphatic rings. The van der Waals surface area contributed by atoms with Gasteiger partial charge in [0.1, 0.15) is 5.60 Å². The number of amides is 1. The van der Waals surface area contributed by atoms with Crippen molar-refractivity contribution in [3.05, 3.63) is 0 Å². The highest BCUT2D eigenvalue weighted by Crippen LogP contribution is 2.20. The highest BCUT2D eigenvalue weighted by atomic mass is 35.5. The summed E-state index contributed by atoms with van der Waals surface area (Å²) < 4.78 is 11.0. The first-order valence-electron chi connectivity index (χ1n) is 5.79. The maximum absolute atomic E-state index is 12.0. The van der Waals surface area contributed by atoms with E-state index in [1.54, 1.807) is 4.90 Å². The molecule has 0 aliphatic carbocycles. The van der Waals surface area contributed by atoms with Gasteiger partial charge in [0.25, 0.3) is 0 Å². The Morgan fingerprint density at radius 3 is 2.76 bits per heavy atom. The number of morpholine rings is 1. The summed E-state index contributed by atoms with van der Waals surface area (Å²) in [5, 5.41) is 3.24. The van der Waals surface area contributed by atoms with Gasteiger partial charge in [0.2, 0.25) is 0 Å². The van der Waals surface area contributed by atoms with E-state index in [9.17, 15) is 4.79 Å². The monoisotopic (exact) mass is 264 g/mol. The van der Waals surface area contributed by atoms with Crippen molar-refractivity contribution >= 4 is 18.5 Å². The Morgan fingerprint density at radius 1 is 1.41 bits per heavy atom. The molecule has 2 heterocycles. The van der Waals surface area contributed by atoms with Crippen LogP contribution in [0.2, 0.25) is 0 Å². The number of nitrogens with zero attached hydrogens (tertiary/aromatic N) is 1. The second-order valence-corrected chi connectivity index (χ2v) is 5.31. The van der Waals surface area contributed by atoms with Gasteiger partial charge in [-0.1, -0.05) is 0 Å². The van der Waals surface area contributed by atoms with Gasteiger partial charge >= 0.3 is 6.09 Å². The standard InChI is InChI=1S/C11H20N2O3.ClH/c1-11(2,3)16-10(14)13-4-5-15-9-7-12-6-8(9)13;/h8-9,12H,4-7H2,1-3H3;1H. The molecular formula is C11H21ClN2O3. The molecule has 2 aliphatic heterocycles. The average molecular weight is 265 g/mol. The Balaban J connectivity index is 0.00000144. The molecule has 6 heteroatoms. The summed E-state index contributed by atoms with van der Waals surface area (Å²) in [7, 11) is 0. The summed E-state index contributed by atoms with van der Waals surface area (Å²) in [5.74, 6) is 0. The van der Waals surface area contributed by atoms with Gasteiger partial charge in [0, 0.05) is 19.6 Å². The highest BCUT2D eigenvalue weighted by Gasteiger charge is 2.39. The first-order valence-corrected chi connectivity index (χ1v) is 5.79. The predicted molar refractivity (Wildman–Crippen MR) is 66.6 cm³/mol. The molecule has 0 aromatic rings. The van der Waals surface area contributed by atoms with Gasteiger partial charge in [0.05, 0.1) is 18.8 Å². The zero-order valence-corrected chi connectivity index (χ0v) is 11.4. The maximum Gasteiger partial charge on any atom is 0.410 e. The van der Waals surface area contributed by atoms with Crippen LogP contribution in [0.5, 0.6) is 0 Å². The van der Waals surface area contributed by atoms with E-state index < -0.39 is 5.60 Å². The quantitative estimate of drug-likeness (QED) is 0.710. The molecule has 0 bridgehead atoms. The molecule has 0 spiro atoms. The lowest BCUT2D eigenvalue weighted by molar-refractivity contribution is -0.0567. The third-order valence-corrected chi connectivity index (χ3v) is 2.82. The van der Waals surface area contributed by atoms with Gasteiger partial charge in [-0.15, -0.1) is 12.4 Å². The number of fused-ring (bicyclic) bond motifs is 1. The van der Waals surface area contributed by atoms with Crippen molar-refractivity contribution in [3.63, 3.8) is 0 Å². The molecule has 2 atom stereocenters. The number of hydrogen-bond donors (Lipinski definition) is 1. The lowest BCUT2D eigenvalue weighted by atomic mass is 10.1. The third-order valence-electron chi connectivity index (χ3n) is 2.82. The van der Waals surface area contributed by atoms with Gasteiger partial charge < -0.3 is 14.8 Å². The Labute approximate surface area is 108 Å². The minimum absolute atomic E-state index is 0. The second-order valence-electron chi connectivity index (χ2n) is 5.31. The first-order chi connectivity index (χ1) is 7.47. The molecule has 17 heavy (non-hydrogen) atoms. The molecular weight excluding hydrogens is 244 g/mol. The van der Waals surface area contributed by atoms with Crippen molar-refractivity contribution in [1.29, 1.82) is 0 Å². The number of nitrogens with one attached hydrogen (secondary N) is 1. The first kappa shape index (κ1) is 14.5. The largest absolute Gasteiger partial charge is 0.444 e. The van der Waals surface area contributed by atoms with E-state index in [4.69, 9.17) is 9.47 Å². The summed E-state index contributed by atoms with van der Waals surface area (Å²) in [4.78, 5) is 13.8. The van der Waals surface area contributed by atoms with E-state index in [0.29, 0.717) is 13.2 Å². The summed E-state index contributed by atoms with van der Waals surface area (Å²) in [6.45, 7) is 8.49. The molecule has 0 radical (unpaired) electrons. The summed E-state index contributed by atoms with van der Waals surface area (Å²) >= 11 is 0. The molecule has 2 rings (SSSR count). The Morgan fingerprint density at radius 2 is 2.12 bits per heavy atom. The van der Waals surface area contributed by atoms with E-state index in [1.165, 1.54) is 0 Å². The second kappa shape index (κ2) is 5.42. The van der Waals surface area contributed by atoms with E-state index in [1.807, 2.05) is 20.8 Å². The molecule has 0 saturated carbocycles. The molecule has 100 valence electrons. The zero-order valence-electron chi connectivity index (χ0n) is 10.6. The average Bonchev–Trinajstić information content (AvgIpc) is 2.61. The van der Waals surface area contributed by atoms with Gasteiger partial charge in [-0.2, -0.15) is 0 Å². The molecule has 5 nitrogen and oxygen atoms in total. The summed E-state index contributed by atoms with van der Waals surface area (Å²) in [6, 6.07) is 0.128. The van der Waals surface area contributed by atoms with Gasteiger partial charge in [-0.25, -0.2) is 4.79 Å². The molecule has 1 N–H and O–H groups in total. The fourth-order valence-corrected chi connectivity index (χ4v) is 2.14. The molecule has 2 saturated heterocycles. The number of rotatable bonds is 0. The van der Waals surface area contributed by atoms with Crippen LogP contribution < -0.4 is 5.32 Å². The van der Waals surface area contributed by atoms with Gasteiger partial charge in [-0.3, -0.25) is 4.90 Å². The van der Waals surface area contributed by atoms with Crippen LogP contribution in [0.3, 0.4) is 0 Å². The minimum atomic E-state index is -0.434. The van der Waals surface area contributed by atoms with E-state index in [0.717, 1.165) is 13.1 Å². The van der Waals surface area contributed by atoms with Gasteiger partial charge in [0.15, 0.2) is 0 Å². The van der Waals surface area contributed by atoms with Crippen LogP contribution in [0.15, 0.2) is 0 Å². The van der Waals surface area contributed by atoms with Crippen LogP contribution in [0.4, 0.5) is 4.79 Å². The topological polar surface area (TPSA) is 50.8 Å². The summed E-state index contributed by atoms with van der Waals surface area (Å²) in [5.41, 5.74) is -0.434. The van der Waals surface area contributed by atoms with Crippen LogP contribution in [0, 0.1) is 0 Å². The van der Waals surface area contributed by atoms with E-state index in [2.05, 4.69) is 5.32 Å². The van der Waals surface area contributed by atoms with Crippen molar-refractivity contribution in [2.24, 2.45) is 0 Å². The fraction of sp³-hybridized carbons (Fsp3) is 0.909. The van der Waals surface area contributed by atoms with Gasteiger partial charge in [-0.05, 0) is 20.8 Å². The number of ether oxygens (including phenoxy) is 2. The molecule has 2 fully saturated rings. The summed E-state index contributed by atoms with van der Waals surface area (Å²) in [6.07, 6.45) is -0.101.